The smallest absolute Gasteiger partial charge is 0.264 e. The number of carbonyl (C=O) groups is 1. The molecule has 0 N–H and O–H groups in total. The van der Waals surface area contributed by atoms with Crippen LogP contribution in [0.5, 0.6) is 0 Å². The number of benzene rings is 3. The Bertz CT molecular complexity index is 1090. The lowest BCUT2D eigenvalue weighted by Gasteiger charge is -2.23. The molecule has 3 rings (SSSR count). The number of hydrogen-bond acceptors (Lipinski definition) is 4. The minimum absolute atomic E-state index is 0.0570. The minimum atomic E-state index is -3.75. The quantitative estimate of drug-likeness (QED) is 0.594. The van der Waals surface area contributed by atoms with Crippen molar-refractivity contribution in [1.82, 2.24) is 4.47 Å². The van der Waals surface area contributed by atoms with Gasteiger partial charge in [0.25, 0.3) is 15.9 Å². The Morgan fingerprint density at radius 3 is 2.25 bits per heavy atom. The largest absolute Gasteiger partial charge is 0.308 e. The van der Waals surface area contributed by atoms with E-state index in [0.717, 1.165) is 20.9 Å². The third-order valence-electron chi connectivity index (χ3n) is 4.61. The Morgan fingerprint density at radius 1 is 0.964 bits per heavy atom. The van der Waals surface area contributed by atoms with Crippen LogP contribution in [0.4, 0.5) is 5.69 Å². The topological polar surface area (TPSA) is 66.9 Å². The van der Waals surface area contributed by atoms with Crippen LogP contribution in [0.2, 0.25) is 0 Å². The van der Waals surface area contributed by atoms with Gasteiger partial charge in [0, 0.05) is 24.5 Å². The van der Waals surface area contributed by atoms with Crippen molar-refractivity contribution < 1.29 is 18.0 Å². The first kappa shape index (κ1) is 20.0. The van der Waals surface area contributed by atoms with Crippen LogP contribution >= 0.6 is 0 Å². The number of nitrogens with zero attached hydrogens (tertiary/aromatic N) is 2. The average molecular weight is 398 g/mol. The van der Waals surface area contributed by atoms with Crippen LogP contribution < -0.4 is 4.90 Å². The molecule has 0 saturated heterocycles. The number of hydrogen-bond donors (Lipinski definition) is 0. The maximum absolute atomic E-state index is 13.1. The van der Waals surface area contributed by atoms with E-state index in [1.807, 2.05) is 49.4 Å². The lowest BCUT2D eigenvalue weighted by atomic mass is 10.1. The van der Waals surface area contributed by atoms with E-state index in [4.69, 9.17) is 4.84 Å². The highest BCUT2D eigenvalue weighted by atomic mass is 32.2. The molecule has 0 fully saturated rings. The maximum Gasteiger partial charge on any atom is 0.264 e. The molecule has 0 radical (unpaired) electrons. The normalized spacial score (nSPS) is 11.7. The van der Waals surface area contributed by atoms with E-state index in [1.165, 1.54) is 38.4 Å². The highest BCUT2D eigenvalue weighted by Gasteiger charge is 2.22. The SMILES string of the molecule is CCN(C(=O)c1ccc(S(=O)(=O)N(C)OC)cc1)c1cccc2ccccc12. The highest BCUT2D eigenvalue weighted by molar-refractivity contribution is 7.89. The zero-order chi connectivity index (χ0) is 20.3. The molecule has 0 unspecified atom stereocenters. The molecule has 0 aliphatic heterocycles. The Morgan fingerprint density at radius 2 is 1.61 bits per heavy atom. The standard InChI is InChI=1S/C21H22N2O4S/c1-4-23(20-11-7-9-16-8-5-6-10-19(16)20)21(24)17-12-14-18(15-13-17)28(25,26)22(2)27-3/h5-15H,4H2,1-3H3. The van der Waals surface area contributed by atoms with Gasteiger partial charge in [-0.1, -0.05) is 40.9 Å². The van der Waals surface area contributed by atoms with Crippen molar-refractivity contribution in [2.75, 3.05) is 25.6 Å². The van der Waals surface area contributed by atoms with Crippen molar-refractivity contribution in [3.63, 3.8) is 0 Å². The summed E-state index contributed by atoms with van der Waals surface area (Å²) in [6.07, 6.45) is 0. The van der Waals surface area contributed by atoms with Gasteiger partial charge in [-0.05, 0) is 42.6 Å². The molecule has 6 nitrogen and oxygen atoms in total. The van der Waals surface area contributed by atoms with Gasteiger partial charge in [0.1, 0.15) is 0 Å². The summed E-state index contributed by atoms with van der Waals surface area (Å²) in [6.45, 7) is 2.39. The third kappa shape index (κ3) is 3.64. The Balaban J connectivity index is 1.96. The van der Waals surface area contributed by atoms with Gasteiger partial charge < -0.3 is 4.90 Å². The monoisotopic (exact) mass is 398 g/mol. The first-order valence-corrected chi connectivity index (χ1v) is 10.3. The first-order chi connectivity index (χ1) is 13.4. The fourth-order valence-corrected chi connectivity index (χ4v) is 4.01. The van der Waals surface area contributed by atoms with Crippen LogP contribution in [0.3, 0.4) is 0 Å². The van der Waals surface area contributed by atoms with Crippen molar-refractivity contribution in [2.24, 2.45) is 0 Å². The summed E-state index contributed by atoms with van der Waals surface area (Å²) in [5, 5.41) is 2.04. The second-order valence-electron chi connectivity index (χ2n) is 6.17. The molecule has 0 saturated carbocycles. The molecule has 0 heterocycles. The zero-order valence-electron chi connectivity index (χ0n) is 16.0. The van der Waals surface area contributed by atoms with Crippen LogP contribution in [0.25, 0.3) is 10.8 Å². The predicted octanol–water partition coefficient (Wildman–Crippen LogP) is 3.69. The van der Waals surface area contributed by atoms with E-state index in [1.54, 1.807) is 4.90 Å². The van der Waals surface area contributed by atoms with Gasteiger partial charge >= 0.3 is 0 Å². The van der Waals surface area contributed by atoms with Gasteiger partial charge in [0.2, 0.25) is 0 Å². The van der Waals surface area contributed by atoms with Crippen molar-refractivity contribution in [2.45, 2.75) is 11.8 Å². The Kier molecular flexibility index (Phi) is 5.79. The molecular weight excluding hydrogens is 376 g/mol. The van der Waals surface area contributed by atoms with E-state index in [2.05, 4.69) is 0 Å². The van der Waals surface area contributed by atoms with Gasteiger partial charge in [-0.2, -0.15) is 0 Å². The summed E-state index contributed by atoms with van der Waals surface area (Å²) < 4.78 is 25.4. The molecular formula is C21H22N2O4S. The second-order valence-corrected chi connectivity index (χ2v) is 8.11. The molecule has 7 heteroatoms. The molecule has 0 atom stereocenters. The van der Waals surface area contributed by atoms with E-state index in [9.17, 15) is 13.2 Å². The molecule has 0 aromatic heterocycles. The van der Waals surface area contributed by atoms with Gasteiger partial charge in [-0.25, -0.2) is 8.42 Å². The van der Waals surface area contributed by atoms with Gasteiger partial charge in [0.05, 0.1) is 17.7 Å². The molecule has 0 aliphatic carbocycles. The fourth-order valence-electron chi connectivity index (χ4n) is 3.04. The predicted molar refractivity (Wildman–Crippen MR) is 110 cm³/mol. The zero-order valence-corrected chi connectivity index (χ0v) is 16.8. The summed E-state index contributed by atoms with van der Waals surface area (Å²) in [4.78, 5) is 19.6. The van der Waals surface area contributed by atoms with Crippen LogP contribution in [0, 0.1) is 0 Å². The lowest BCUT2D eigenvalue weighted by molar-refractivity contribution is -0.0258. The van der Waals surface area contributed by atoms with Crippen LogP contribution in [-0.4, -0.2) is 39.5 Å². The molecule has 0 bridgehead atoms. The van der Waals surface area contributed by atoms with E-state index in [-0.39, 0.29) is 10.8 Å². The van der Waals surface area contributed by atoms with Crippen LogP contribution in [0.15, 0.2) is 71.6 Å². The molecule has 146 valence electrons. The van der Waals surface area contributed by atoms with E-state index < -0.39 is 10.0 Å². The van der Waals surface area contributed by atoms with Crippen molar-refractivity contribution >= 4 is 32.4 Å². The summed E-state index contributed by atoms with van der Waals surface area (Å²) in [6, 6.07) is 19.6. The molecule has 1 amide bonds. The molecule has 0 spiro atoms. The number of rotatable bonds is 6. The first-order valence-electron chi connectivity index (χ1n) is 8.83. The Hall–Kier alpha value is -2.74. The second kappa shape index (κ2) is 8.10. The van der Waals surface area contributed by atoms with Gasteiger partial charge in [-0.15, -0.1) is 0 Å². The van der Waals surface area contributed by atoms with Crippen molar-refractivity contribution in [3.05, 3.63) is 72.3 Å². The average Bonchev–Trinajstić information content (AvgIpc) is 2.73. The lowest BCUT2D eigenvalue weighted by Crippen LogP contribution is -2.31. The number of fused-ring (bicyclic) bond motifs is 1. The highest BCUT2D eigenvalue weighted by Crippen LogP contribution is 2.28. The van der Waals surface area contributed by atoms with Crippen molar-refractivity contribution in [3.8, 4) is 0 Å². The van der Waals surface area contributed by atoms with E-state index in [0.29, 0.717) is 12.1 Å². The Labute approximate surface area is 165 Å². The minimum Gasteiger partial charge on any atom is -0.308 e. The number of amides is 1. The summed E-state index contributed by atoms with van der Waals surface area (Å²) in [5.74, 6) is -0.192. The number of anilines is 1. The van der Waals surface area contributed by atoms with Crippen LogP contribution in [0.1, 0.15) is 17.3 Å². The van der Waals surface area contributed by atoms with Crippen LogP contribution in [-0.2, 0) is 14.9 Å². The molecule has 3 aromatic rings. The summed E-state index contributed by atoms with van der Waals surface area (Å²) in [7, 11) is -1.16. The molecule has 28 heavy (non-hydrogen) atoms. The number of hydroxylamine groups is 1. The maximum atomic E-state index is 13.1. The van der Waals surface area contributed by atoms with Gasteiger partial charge in [0.15, 0.2) is 0 Å². The number of carbonyl (C=O) groups excluding carboxylic acids is 1. The third-order valence-corrected chi connectivity index (χ3v) is 6.31. The van der Waals surface area contributed by atoms with Gasteiger partial charge in [-0.3, -0.25) is 9.63 Å². The summed E-state index contributed by atoms with van der Waals surface area (Å²) in [5.41, 5.74) is 1.23. The van der Waals surface area contributed by atoms with E-state index >= 15 is 0 Å². The fraction of sp³-hybridized carbons (Fsp3) is 0.190. The van der Waals surface area contributed by atoms with Crippen molar-refractivity contribution in [1.29, 1.82) is 0 Å². The summed E-state index contributed by atoms with van der Waals surface area (Å²) >= 11 is 0. The number of sulfonamides is 1. The molecule has 0 aliphatic rings. The molecule has 3 aromatic carbocycles.